The van der Waals surface area contributed by atoms with E-state index in [-0.39, 0.29) is 5.54 Å². The molecular weight excluding hydrogens is 639 g/mol. The van der Waals surface area contributed by atoms with Crippen molar-refractivity contribution in [1.29, 1.82) is 0 Å². The van der Waals surface area contributed by atoms with Gasteiger partial charge in [0.25, 0.3) is 0 Å². The first-order valence-corrected chi connectivity index (χ1v) is 18.9. The lowest BCUT2D eigenvalue weighted by atomic mass is 9.83. The summed E-state index contributed by atoms with van der Waals surface area (Å²) < 4.78 is 0. The van der Waals surface area contributed by atoms with Crippen LogP contribution in [0, 0.1) is 0 Å². The minimum absolute atomic E-state index is 0.174. The molecule has 1 N–H and O–H groups in total. The lowest BCUT2D eigenvalue weighted by Crippen LogP contribution is -2.34. The molecule has 8 aromatic carbocycles. The second-order valence-electron chi connectivity index (χ2n) is 14.0. The van der Waals surface area contributed by atoms with Gasteiger partial charge in [-0.25, -0.2) is 0 Å². The van der Waals surface area contributed by atoms with Crippen molar-refractivity contribution >= 4 is 44.1 Å². The molecule has 0 aliphatic rings. The predicted molar refractivity (Wildman–Crippen MR) is 231 cm³/mol. The highest BCUT2D eigenvalue weighted by atomic mass is 15.0. The fourth-order valence-corrected chi connectivity index (χ4v) is 7.98. The Kier molecular flexibility index (Phi) is 9.49. The molecule has 0 atom stereocenters. The summed E-state index contributed by atoms with van der Waals surface area (Å²) in [6, 6.07) is 60.2. The average molecular weight is 684 g/mol. The Labute approximate surface area is 314 Å². The predicted octanol–water partition coefficient (Wildman–Crippen LogP) is 14.9. The zero-order valence-corrected chi connectivity index (χ0v) is 30.8. The van der Waals surface area contributed by atoms with Crippen LogP contribution in [-0.2, 0) is 5.54 Å². The van der Waals surface area contributed by atoms with Gasteiger partial charge in [0, 0.05) is 5.69 Å². The summed E-state index contributed by atoms with van der Waals surface area (Å²) in [6.45, 7) is 6.61. The van der Waals surface area contributed by atoms with E-state index in [1.807, 2.05) is 6.92 Å². The zero-order valence-electron chi connectivity index (χ0n) is 30.8. The number of fused-ring (bicyclic) bond motifs is 4. The molecule has 0 heterocycles. The van der Waals surface area contributed by atoms with E-state index in [4.69, 9.17) is 0 Å². The molecule has 0 amide bonds. The molecule has 1 heteroatoms. The minimum atomic E-state index is -0.174. The molecule has 0 aliphatic heterocycles. The van der Waals surface area contributed by atoms with Gasteiger partial charge in [-0.05, 0) is 127 Å². The van der Waals surface area contributed by atoms with Crippen LogP contribution in [0.4, 0.5) is 5.69 Å². The highest BCUT2D eigenvalue weighted by Gasteiger charge is 2.28. The van der Waals surface area contributed by atoms with Gasteiger partial charge in [0.15, 0.2) is 0 Å². The molecule has 0 bridgehead atoms. The van der Waals surface area contributed by atoms with Gasteiger partial charge in [0.1, 0.15) is 0 Å². The van der Waals surface area contributed by atoms with Crippen molar-refractivity contribution in [2.45, 2.75) is 39.2 Å². The number of hydrogen-bond acceptors (Lipinski definition) is 1. The molecule has 1 nitrogen and oxygen atoms in total. The fourth-order valence-electron chi connectivity index (χ4n) is 7.98. The second-order valence-corrected chi connectivity index (χ2v) is 14.0. The van der Waals surface area contributed by atoms with E-state index in [2.05, 4.69) is 207 Å². The number of anilines is 1. The van der Waals surface area contributed by atoms with Crippen molar-refractivity contribution in [1.82, 2.24) is 0 Å². The Hall–Kier alpha value is -6.18. The van der Waals surface area contributed by atoms with Crippen molar-refractivity contribution in [3.05, 3.63) is 193 Å². The average Bonchev–Trinajstić information content (AvgIpc) is 3.23. The maximum atomic E-state index is 3.97. The van der Waals surface area contributed by atoms with Gasteiger partial charge in [0.2, 0.25) is 0 Å². The van der Waals surface area contributed by atoms with Crippen molar-refractivity contribution < 1.29 is 0 Å². The molecule has 8 rings (SSSR count). The van der Waals surface area contributed by atoms with Crippen molar-refractivity contribution in [2.75, 3.05) is 5.32 Å². The fraction of sp³-hybridized carbons (Fsp3) is 0.115. The van der Waals surface area contributed by atoms with Crippen LogP contribution in [-0.4, -0.2) is 0 Å². The van der Waals surface area contributed by atoms with Gasteiger partial charge < -0.3 is 5.32 Å². The van der Waals surface area contributed by atoms with E-state index < -0.39 is 0 Å². The third kappa shape index (κ3) is 6.67. The first-order valence-electron chi connectivity index (χ1n) is 18.9. The van der Waals surface area contributed by atoms with E-state index in [1.165, 1.54) is 76.8 Å². The van der Waals surface area contributed by atoms with Crippen LogP contribution in [0.15, 0.2) is 182 Å². The number of hydrogen-bond donors (Lipinski definition) is 1. The van der Waals surface area contributed by atoms with Crippen LogP contribution in [0.3, 0.4) is 0 Å². The number of nitrogens with one attached hydrogen (secondary N) is 1. The Balaban J connectivity index is 1.04. The van der Waals surface area contributed by atoms with Crippen molar-refractivity contribution in [3.8, 4) is 33.4 Å². The van der Waals surface area contributed by atoms with Crippen LogP contribution in [0.2, 0.25) is 0 Å². The molecule has 0 saturated carbocycles. The van der Waals surface area contributed by atoms with Gasteiger partial charge in [-0.2, -0.15) is 0 Å². The van der Waals surface area contributed by atoms with Crippen molar-refractivity contribution in [2.24, 2.45) is 0 Å². The summed E-state index contributed by atoms with van der Waals surface area (Å²) in [7, 11) is 0. The monoisotopic (exact) mass is 683 g/mol. The third-order valence-corrected chi connectivity index (χ3v) is 11.0. The highest BCUT2D eigenvalue weighted by Crippen LogP contribution is 2.38. The SMILES string of the molecule is C/C=C\C=C/c1cc(-c2ccc(-c3ccc(C(CC)(CC)Nc4ccc(-c5cc6ccccc6c6ccccc56)cc4)cc3)cc2)c2ccccc2c1. The number of rotatable bonds is 10. The molecular formula is C52H45N. The van der Waals surface area contributed by atoms with Gasteiger partial charge in [0.05, 0.1) is 5.54 Å². The first kappa shape index (κ1) is 33.9. The smallest absolute Gasteiger partial charge is 0.0620 e. The third-order valence-electron chi connectivity index (χ3n) is 11.0. The van der Waals surface area contributed by atoms with Crippen LogP contribution in [0.25, 0.3) is 71.8 Å². The number of benzene rings is 8. The first-order chi connectivity index (χ1) is 26.1. The summed E-state index contributed by atoms with van der Waals surface area (Å²) in [5.41, 5.74) is 10.9. The van der Waals surface area contributed by atoms with Gasteiger partial charge in [-0.15, -0.1) is 0 Å². The van der Waals surface area contributed by atoms with Crippen LogP contribution < -0.4 is 5.32 Å². The van der Waals surface area contributed by atoms with E-state index in [1.54, 1.807) is 0 Å². The molecule has 0 fully saturated rings. The van der Waals surface area contributed by atoms with E-state index in [0.29, 0.717) is 0 Å². The van der Waals surface area contributed by atoms with E-state index >= 15 is 0 Å². The number of allylic oxidation sites excluding steroid dienone is 3. The molecule has 0 aliphatic carbocycles. The molecule has 8 aromatic rings. The Morgan fingerprint density at radius 1 is 0.472 bits per heavy atom. The summed E-state index contributed by atoms with van der Waals surface area (Å²) in [6.07, 6.45) is 10.4. The molecule has 0 radical (unpaired) electrons. The van der Waals surface area contributed by atoms with Crippen LogP contribution >= 0.6 is 0 Å². The standard InChI is InChI=1S/C52H45N/c1-4-7-8-15-37-34-42-16-9-12-19-47(42)50(35-37)40-24-22-38(23-25-40)39-26-30-44(31-27-39)52(5-2,6-3)53-45-32-28-41(29-33-45)51-36-43-17-10-11-18-46(43)48-20-13-14-21-49(48)51/h4,7-36,53H,5-6H2,1-3H3/b7-4-,15-8-. The largest absolute Gasteiger partial charge is 0.376 e. The second kappa shape index (κ2) is 14.8. The molecule has 53 heavy (non-hydrogen) atoms. The summed E-state index contributed by atoms with van der Waals surface area (Å²) >= 11 is 0. The lowest BCUT2D eigenvalue weighted by molar-refractivity contribution is 0.455. The quantitative estimate of drug-likeness (QED) is 0.112. The summed E-state index contributed by atoms with van der Waals surface area (Å²) in [5, 5.41) is 11.6. The normalized spacial score (nSPS) is 12.1. The van der Waals surface area contributed by atoms with E-state index in [9.17, 15) is 0 Å². The van der Waals surface area contributed by atoms with Crippen molar-refractivity contribution in [3.63, 3.8) is 0 Å². The molecule has 0 aromatic heterocycles. The zero-order chi connectivity index (χ0) is 36.2. The highest BCUT2D eigenvalue weighted by molar-refractivity contribution is 6.13. The van der Waals surface area contributed by atoms with Crippen LogP contribution in [0.5, 0.6) is 0 Å². The topological polar surface area (TPSA) is 12.0 Å². The maximum absolute atomic E-state index is 3.97. The minimum Gasteiger partial charge on any atom is -0.376 e. The Morgan fingerprint density at radius 2 is 0.981 bits per heavy atom. The van der Waals surface area contributed by atoms with Gasteiger partial charge in [-0.3, -0.25) is 0 Å². The Morgan fingerprint density at radius 3 is 1.62 bits per heavy atom. The maximum Gasteiger partial charge on any atom is 0.0620 e. The van der Waals surface area contributed by atoms with Gasteiger partial charge in [-0.1, -0.05) is 172 Å². The molecule has 0 unspecified atom stereocenters. The molecule has 0 saturated heterocycles. The lowest BCUT2D eigenvalue weighted by Gasteiger charge is -2.35. The molecule has 0 spiro atoms. The molecule has 258 valence electrons. The van der Waals surface area contributed by atoms with Crippen LogP contribution in [0.1, 0.15) is 44.7 Å². The Bertz CT molecular complexity index is 2580. The summed E-state index contributed by atoms with van der Waals surface area (Å²) in [5.74, 6) is 0. The van der Waals surface area contributed by atoms with Gasteiger partial charge >= 0.3 is 0 Å². The summed E-state index contributed by atoms with van der Waals surface area (Å²) in [4.78, 5) is 0. The van der Waals surface area contributed by atoms with E-state index in [0.717, 1.165) is 18.5 Å².